The molecule has 1 amide bonds. The van der Waals surface area contributed by atoms with Crippen LogP contribution in [0.15, 0.2) is 60.0 Å². The molecule has 0 radical (unpaired) electrons. The van der Waals surface area contributed by atoms with E-state index in [4.69, 9.17) is 0 Å². The summed E-state index contributed by atoms with van der Waals surface area (Å²) in [7, 11) is 0. The highest BCUT2D eigenvalue weighted by atomic mass is 32.1. The van der Waals surface area contributed by atoms with E-state index in [0.717, 1.165) is 35.4 Å². The van der Waals surface area contributed by atoms with E-state index in [1.807, 2.05) is 17.5 Å². The molecule has 0 spiro atoms. The number of para-hydroxylation sites is 1. The summed E-state index contributed by atoms with van der Waals surface area (Å²) >= 11 is 1.59. The fourth-order valence-corrected chi connectivity index (χ4v) is 3.83. The number of hydrogen-bond donors (Lipinski definition) is 2. The second-order valence-corrected chi connectivity index (χ2v) is 7.45. The smallest absolute Gasteiger partial charge is 0.238 e. The van der Waals surface area contributed by atoms with Gasteiger partial charge in [0.15, 0.2) is 0 Å². The van der Waals surface area contributed by atoms with E-state index in [1.54, 1.807) is 11.3 Å². The zero-order valence-electron chi connectivity index (χ0n) is 15.5. The molecule has 0 aliphatic heterocycles. The predicted molar refractivity (Wildman–Crippen MR) is 110 cm³/mol. The SMILES string of the molecule is CCCc1ccc([C@H](NCC(=O)Nc2c(F)cccc2F)c2cccs2)cc1. The highest BCUT2D eigenvalue weighted by Gasteiger charge is 2.17. The molecule has 0 bridgehead atoms. The van der Waals surface area contributed by atoms with Crippen molar-refractivity contribution in [3.63, 3.8) is 0 Å². The Labute approximate surface area is 167 Å². The summed E-state index contributed by atoms with van der Waals surface area (Å²) in [6, 6.07) is 15.5. The van der Waals surface area contributed by atoms with Crippen LogP contribution in [0.4, 0.5) is 14.5 Å². The van der Waals surface area contributed by atoms with Gasteiger partial charge in [-0.3, -0.25) is 10.1 Å². The van der Waals surface area contributed by atoms with E-state index in [-0.39, 0.29) is 12.6 Å². The fraction of sp³-hybridized carbons (Fsp3) is 0.227. The van der Waals surface area contributed by atoms with Crippen molar-refractivity contribution in [2.24, 2.45) is 0 Å². The van der Waals surface area contributed by atoms with Gasteiger partial charge in [-0.15, -0.1) is 11.3 Å². The number of nitrogens with one attached hydrogen (secondary N) is 2. The number of carbonyl (C=O) groups excluding carboxylic acids is 1. The lowest BCUT2D eigenvalue weighted by molar-refractivity contribution is -0.115. The van der Waals surface area contributed by atoms with Gasteiger partial charge in [-0.05, 0) is 41.1 Å². The van der Waals surface area contributed by atoms with Gasteiger partial charge in [0, 0.05) is 4.88 Å². The van der Waals surface area contributed by atoms with Crippen molar-refractivity contribution in [2.75, 3.05) is 11.9 Å². The topological polar surface area (TPSA) is 41.1 Å². The van der Waals surface area contributed by atoms with Crippen LogP contribution in [0.5, 0.6) is 0 Å². The second kappa shape index (κ2) is 9.57. The zero-order chi connectivity index (χ0) is 19.9. The largest absolute Gasteiger partial charge is 0.320 e. The number of benzene rings is 2. The Morgan fingerprint density at radius 3 is 2.36 bits per heavy atom. The van der Waals surface area contributed by atoms with Crippen LogP contribution in [-0.4, -0.2) is 12.5 Å². The van der Waals surface area contributed by atoms with Crippen molar-refractivity contribution in [1.82, 2.24) is 5.32 Å². The van der Waals surface area contributed by atoms with Crippen molar-refractivity contribution in [3.8, 4) is 0 Å². The molecular formula is C22H22F2N2OS. The lowest BCUT2D eigenvalue weighted by Gasteiger charge is -2.18. The molecule has 3 aromatic rings. The summed E-state index contributed by atoms with van der Waals surface area (Å²) in [5.74, 6) is -2.10. The molecule has 0 aliphatic carbocycles. The van der Waals surface area contributed by atoms with Gasteiger partial charge < -0.3 is 5.32 Å². The third-order valence-electron chi connectivity index (χ3n) is 4.37. The highest BCUT2D eigenvalue weighted by Crippen LogP contribution is 2.26. The van der Waals surface area contributed by atoms with Crippen LogP contribution in [0, 0.1) is 11.6 Å². The highest BCUT2D eigenvalue weighted by molar-refractivity contribution is 7.10. The number of halogens is 2. The molecule has 0 fully saturated rings. The molecule has 0 saturated carbocycles. The van der Waals surface area contributed by atoms with Crippen LogP contribution in [0.2, 0.25) is 0 Å². The number of aryl methyl sites for hydroxylation is 1. The van der Waals surface area contributed by atoms with Crippen LogP contribution in [0.25, 0.3) is 0 Å². The monoisotopic (exact) mass is 400 g/mol. The number of amides is 1. The molecular weight excluding hydrogens is 378 g/mol. The van der Waals surface area contributed by atoms with E-state index in [2.05, 4.69) is 41.8 Å². The first kappa shape index (κ1) is 20.2. The lowest BCUT2D eigenvalue weighted by Crippen LogP contribution is -2.32. The van der Waals surface area contributed by atoms with Gasteiger partial charge in [0.2, 0.25) is 5.91 Å². The lowest BCUT2D eigenvalue weighted by atomic mass is 10.0. The minimum atomic E-state index is -0.797. The predicted octanol–water partition coefficient (Wildman–Crippen LogP) is 5.30. The Balaban J connectivity index is 1.71. The van der Waals surface area contributed by atoms with Gasteiger partial charge in [-0.25, -0.2) is 8.78 Å². The maximum Gasteiger partial charge on any atom is 0.238 e. The Morgan fingerprint density at radius 1 is 1.04 bits per heavy atom. The molecule has 6 heteroatoms. The molecule has 2 aromatic carbocycles. The normalized spacial score (nSPS) is 12.0. The number of anilines is 1. The number of hydrogen-bond acceptors (Lipinski definition) is 3. The average Bonchev–Trinajstić information content (AvgIpc) is 3.21. The van der Waals surface area contributed by atoms with Crippen LogP contribution >= 0.6 is 11.3 Å². The van der Waals surface area contributed by atoms with Crippen molar-refractivity contribution < 1.29 is 13.6 Å². The molecule has 1 heterocycles. The van der Waals surface area contributed by atoms with E-state index in [1.165, 1.54) is 11.6 Å². The zero-order valence-corrected chi connectivity index (χ0v) is 16.4. The van der Waals surface area contributed by atoms with Crippen molar-refractivity contribution in [1.29, 1.82) is 0 Å². The van der Waals surface area contributed by atoms with Gasteiger partial charge in [0.05, 0.1) is 12.6 Å². The molecule has 0 unspecified atom stereocenters. The fourth-order valence-electron chi connectivity index (χ4n) is 3.00. The number of thiophene rings is 1. The van der Waals surface area contributed by atoms with Crippen LogP contribution < -0.4 is 10.6 Å². The molecule has 1 aromatic heterocycles. The summed E-state index contributed by atoms with van der Waals surface area (Å²) < 4.78 is 27.5. The standard InChI is InChI=1S/C22H22F2N2OS/c1-2-5-15-9-11-16(12-10-15)21(19-8-4-13-28-19)25-14-20(27)26-22-17(23)6-3-7-18(22)24/h3-4,6-13,21,25H,2,5,14H2,1H3,(H,26,27)/t21-/m0/s1. The van der Waals surface area contributed by atoms with E-state index in [9.17, 15) is 13.6 Å². The quantitative estimate of drug-likeness (QED) is 0.539. The summed E-state index contributed by atoms with van der Waals surface area (Å²) in [6.07, 6.45) is 2.10. The van der Waals surface area contributed by atoms with Crippen molar-refractivity contribution >= 4 is 22.9 Å². The molecule has 2 N–H and O–H groups in total. The molecule has 3 nitrogen and oxygen atoms in total. The Morgan fingerprint density at radius 2 is 1.75 bits per heavy atom. The maximum atomic E-state index is 13.7. The van der Waals surface area contributed by atoms with Gasteiger partial charge in [0.1, 0.15) is 17.3 Å². The third kappa shape index (κ3) is 5.03. The van der Waals surface area contributed by atoms with Gasteiger partial charge in [0.25, 0.3) is 0 Å². The van der Waals surface area contributed by atoms with Gasteiger partial charge in [-0.1, -0.05) is 49.7 Å². The van der Waals surface area contributed by atoms with E-state index in [0.29, 0.717) is 0 Å². The second-order valence-electron chi connectivity index (χ2n) is 6.47. The molecule has 28 heavy (non-hydrogen) atoms. The van der Waals surface area contributed by atoms with Crippen molar-refractivity contribution in [2.45, 2.75) is 25.8 Å². The minimum Gasteiger partial charge on any atom is -0.320 e. The summed E-state index contributed by atoms with van der Waals surface area (Å²) in [5.41, 5.74) is 1.88. The summed E-state index contributed by atoms with van der Waals surface area (Å²) in [6.45, 7) is 2.06. The molecule has 0 aliphatic rings. The molecule has 0 saturated heterocycles. The average molecular weight is 400 g/mol. The number of rotatable bonds is 8. The van der Waals surface area contributed by atoms with Crippen LogP contribution in [-0.2, 0) is 11.2 Å². The first-order valence-electron chi connectivity index (χ1n) is 9.18. The van der Waals surface area contributed by atoms with Gasteiger partial charge in [-0.2, -0.15) is 0 Å². The van der Waals surface area contributed by atoms with Gasteiger partial charge >= 0.3 is 0 Å². The maximum absolute atomic E-state index is 13.7. The summed E-state index contributed by atoms with van der Waals surface area (Å²) in [5, 5.41) is 7.49. The van der Waals surface area contributed by atoms with E-state index < -0.39 is 23.2 Å². The van der Waals surface area contributed by atoms with E-state index >= 15 is 0 Å². The molecule has 3 rings (SSSR count). The third-order valence-corrected chi connectivity index (χ3v) is 5.31. The number of carbonyl (C=O) groups is 1. The van der Waals surface area contributed by atoms with Crippen molar-refractivity contribution in [3.05, 3.63) is 87.6 Å². The Kier molecular flexibility index (Phi) is 6.90. The molecule has 1 atom stereocenters. The minimum absolute atomic E-state index is 0.0763. The molecule has 146 valence electrons. The first-order chi connectivity index (χ1) is 13.6. The van der Waals surface area contributed by atoms with Crippen LogP contribution in [0.1, 0.15) is 35.4 Å². The van der Waals surface area contributed by atoms with Crippen LogP contribution in [0.3, 0.4) is 0 Å². The summed E-state index contributed by atoms with van der Waals surface area (Å²) in [4.78, 5) is 13.3. The first-order valence-corrected chi connectivity index (χ1v) is 10.1. The Hall–Kier alpha value is -2.57. The Bertz CT molecular complexity index is 891.